The van der Waals surface area contributed by atoms with Crippen LogP contribution in [0.25, 0.3) is 12.7 Å². The van der Waals surface area contributed by atoms with Gasteiger partial charge in [0.2, 0.25) is 0 Å². The number of aliphatic hydroxyl groups is 1. The minimum atomic E-state index is -0.148. The van der Waals surface area contributed by atoms with E-state index in [4.69, 9.17) is 5.11 Å². The summed E-state index contributed by atoms with van der Waals surface area (Å²) in [6, 6.07) is 1.94. The van der Waals surface area contributed by atoms with Gasteiger partial charge in [-0.2, -0.15) is 11.3 Å². The number of aromatic nitrogens is 2. The molecular formula is C11H12N2O2S. The monoisotopic (exact) mass is 236 g/mol. The molecule has 0 aromatic carbocycles. The molecule has 0 saturated carbocycles. The summed E-state index contributed by atoms with van der Waals surface area (Å²) >= 11 is 1.58. The van der Waals surface area contributed by atoms with Crippen LogP contribution >= 0.6 is 11.3 Å². The highest BCUT2D eigenvalue weighted by atomic mass is 32.1. The first kappa shape index (κ1) is 10.9. The molecule has 5 heteroatoms. The fraction of sp³-hybridized carbons (Fsp3) is 0.182. The summed E-state index contributed by atoms with van der Waals surface area (Å²) in [5, 5.41) is 16.7. The second kappa shape index (κ2) is 4.51. The first-order chi connectivity index (χ1) is 7.72. The maximum Gasteiger partial charge on any atom is 0.274 e. The number of nitrogens with one attached hydrogen (secondary N) is 1. The standard InChI is InChI=1S/C11H12N2O2S/c1-8-10(6-9-2-5-16-7-9)11(15)13(12-8)3-4-14/h2,5-7,12,14H,1,3-4H2. The van der Waals surface area contributed by atoms with Gasteiger partial charge < -0.3 is 5.11 Å². The summed E-state index contributed by atoms with van der Waals surface area (Å²) in [7, 11) is 0. The van der Waals surface area contributed by atoms with Crippen LogP contribution in [0.2, 0.25) is 0 Å². The van der Waals surface area contributed by atoms with E-state index in [2.05, 4.69) is 11.7 Å². The van der Waals surface area contributed by atoms with Crippen molar-refractivity contribution < 1.29 is 5.11 Å². The molecule has 0 bridgehead atoms. The van der Waals surface area contributed by atoms with E-state index in [1.807, 2.05) is 16.8 Å². The highest BCUT2D eigenvalue weighted by Gasteiger charge is 2.00. The molecular weight excluding hydrogens is 224 g/mol. The third-order valence-electron chi connectivity index (χ3n) is 2.25. The zero-order chi connectivity index (χ0) is 11.5. The summed E-state index contributed by atoms with van der Waals surface area (Å²) in [6.07, 6.45) is 1.80. The van der Waals surface area contributed by atoms with Gasteiger partial charge in [0.15, 0.2) is 0 Å². The Hall–Kier alpha value is -1.59. The SMILES string of the molecule is C=c1[nH]n(CCO)c(=O)c1=Cc1ccsc1. The quantitative estimate of drug-likeness (QED) is 0.752. The second-order valence-electron chi connectivity index (χ2n) is 3.39. The van der Waals surface area contributed by atoms with Crippen molar-refractivity contribution in [2.24, 2.45) is 0 Å². The van der Waals surface area contributed by atoms with Crippen LogP contribution in [0.4, 0.5) is 0 Å². The molecule has 2 N–H and O–H groups in total. The zero-order valence-electron chi connectivity index (χ0n) is 8.64. The molecule has 0 spiro atoms. The molecule has 2 heterocycles. The molecule has 0 fully saturated rings. The second-order valence-corrected chi connectivity index (χ2v) is 4.17. The summed E-state index contributed by atoms with van der Waals surface area (Å²) in [5.74, 6) is 0. The molecule has 0 atom stereocenters. The predicted octanol–water partition coefficient (Wildman–Crippen LogP) is -0.531. The Bertz CT molecular complexity index is 622. The average Bonchev–Trinajstić information content (AvgIpc) is 2.84. The van der Waals surface area contributed by atoms with Crippen molar-refractivity contribution in [1.82, 2.24) is 9.78 Å². The number of H-pyrrole nitrogens is 1. The minimum absolute atomic E-state index is 0.0717. The fourth-order valence-corrected chi connectivity index (χ4v) is 2.10. The molecule has 0 radical (unpaired) electrons. The van der Waals surface area contributed by atoms with Crippen molar-refractivity contribution in [2.45, 2.75) is 6.54 Å². The number of rotatable bonds is 3. The van der Waals surface area contributed by atoms with Crippen molar-refractivity contribution in [1.29, 1.82) is 0 Å². The van der Waals surface area contributed by atoms with Gasteiger partial charge in [0.05, 0.1) is 23.7 Å². The van der Waals surface area contributed by atoms with E-state index in [9.17, 15) is 4.79 Å². The smallest absolute Gasteiger partial charge is 0.274 e. The molecule has 4 nitrogen and oxygen atoms in total. The summed E-state index contributed by atoms with van der Waals surface area (Å²) < 4.78 is 1.36. The van der Waals surface area contributed by atoms with Crippen LogP contribution in [0.3, 0.4) is 0 Å². The highest BCUT2D eigenvalue weighted by Crippen LogP contribution is 2.05. The molecule has 2 aromatic rings. The number of aliphatic hydroxyl groups excluding tert-OH is 1. The minimum Gasteiger partial charge on any atom is -0.394 e. The number of aromatic amines is 1. The Balaban J connectivity index is 2.58. The lowest BCUT2D eigenvalue weighted by Crippen LogP contribution is -2.34. The first-order valence-electron chi connectivity index (χ1n) is 4.85. The lowest BCUT2D eigenvalue weighted by atomic mass is 10.3. The molecule has 2 rings (SSSR count). The van der Waals surface area contributed by atoms with E-state index < -0.39 is 0 Å². The Labute approximate surface area is 95.8 Å². The molecule has 0 amide bonds. The maximum atomic E-state index is 11.9. The summed E-state index contributed by atoms with van der Waals surface area (Å²) in [4.78, 5) is 11.9. The van der Waals surface area contributed by atoms with Crippen LogP contribution in [0, 0.1) is 0 Å². The van der Waals surface area contributed by atoms with Crippen LogP contribution < -0.4 is 16.1 Å². The van der Waals surface area contributed by atoms with Gasteiger partial charge in [-0.25, -0.2) is 4.68 Å². The molecule has 84 valence electrons. The topological polar surface area (TPSA) is 58.0 Å². The Morgan fingerprint density at radius 3 is 3.06 bits per heavy atom. The zero-order valence-corrected chi connectivity index (χ0v) is 9.46. The Morgan fingerprint density at radius 2 is 2.44 bits per heavy atom. The van der Waals surface area contributed by atoms with Gasteiger partial charge in [-0.05, 0) is 28.5 Å². The number of nitrogens with zero attached hydrogens (tertiary/aromatic N) is 1. The van der Waals surface area contributed by atoms with Crippen molar-refractivity contribution in [3.8, 4) is 0 Å². The van der Waals surface area contributed by atoms with Gasteiger partial charge in [0, 0.05) is 0 Å². The third-order valence-corrected chi connectivity index (χ3v) is 2.95. The van der Waals surface area contributed by atoms with E-state index in [0.29, 0.717) is 10.6 Å². The van der Waals surface area contributed by atoms with E-state index in [-0.39, 0.29) is 18.7 Å². The normalized spacial score (nSPS) is 12.2. The van der Waals surface area contributed by atoms with E-state index in [0.717, 1.165) is 5.56 Å². The molecule has 16 heavy (non-hydrogen) atoms. The van der Waals surface area contributed by atoms with Crippen LogP contribution in [-0.4, -0.2) is 21.5 Å². The average molecular weight is 236 g/mol. The largest absolute Gasteiger partial charge is 0.394 e. The van der Waals surface area contributed by atoms with Gasteiger partial charge in [-0.3, -0.25) is 9.89 Å². The van der Waals surface area contributed by atoms with Crippen molar-refractivity contribution >= 4 is 24.0 Å². The summed E-state index contributed by atoms with van der Waals surface area (Å²) in [6.45, 7) is 3.97. The predicted molar refractivity (Wildman–Crippen MR) is 64.8 cm³/mol. The van der Waals surface area contributed by atoms with E-state index >= 15 is 0 Å². The Morgan fingerprint density at radius 1 is 1.62 bits per heavy atom. The van der Waals surface area contributed by atoms with Crippen LogP contribution in [0.15, 0.2) is 21.6 Å². The maximum absolute atomic E-state index is 11.9. The van der Waals surface area contributed by atoms with E-state index in [1.165, 1.54) is 4.68 Å². The molecule has 2 aromatic heterocycles. The molecule has 0 saturated heterocycles. The number of hydrogen-bond acceptors (Lipinski definition) is 3. The van der Waals surface area contributed by atoms with Gasteiger partial charge in [-0.15, -0.1) is 0 Å². The van der Waals surface area contributed by atoms with Crippen LogP contribution in [0.1, 0.15) is 5.56 Å². The molecule has 0 aliphatic rings. The molecule has 0 aliphatic carbocycles. The van der Waals surface area contributed by atoms with Crippen LogP contribution in [0.5, 0.6) is 0 Å². The Kier molecular flexibility index (Phi) is 3.07. The lowest BCUT2D eigenvalue weighted by molar-refractivity contribution is 0.267. The fourth-order valence-electron chi connectivity index (χ4n) is 1.48. The third kappa shape index (κ3) is 2.00. The molecule has 0 aliphatic heterocycles. The van der Waals surface area contributed by atoms with E-state index in [1.54, 1.807) is 17.4 Å². The van der Waals surface area contributed by atoms with Crippen LogP contribution in [-0.2, 0) is 6.54 Å². The number of hydrogen-bond donors (Lipinski definition) is 2. The van der Waals surface area contributed by atoms with Crippen molar-refractivity contribution in [2.75, 3.05) is 6.61 Å². The molecule has 0 unspecified atom stereocenters. The van der Waals surface area contributed by atoms with Crippen molar-refractivity contribution in [3.05, 3.63) is 43.3 Å². The number of thiophene rings is 1. The van der Waals surface area contributed by atoms with Gasteiger partial charge in [0.1, 0.15) is 0 Å². The van der Waals surface area contributed by atoms with Gasteiger partial charge >= 0.3 is 0 Å². The highest BCUT2D eigenvalue weighted by molar-refractivity contribution is 7.08. The lowest BCUT2D eigenvalue weighted by Gasteiger charge is -1.94. The van der Waals surface area contributed by atoms with Crippen molar-refractivity contribution in [3.63, 3.8) is 0 Å². The van der Waals surface area contributed by atoms with Gasteiger partial charge in [0.25, 0.3) is 5.56 Å². The summed E-state index contributed by atoms with van der Waals surface area (Å²) in [5.41, 5.74) is 0.840. The van der Waals surface area contributed by atoms with Gasteiger partial charge in [-0.1, -0.05) is 6.58 Å². The first-order valence-corrected chi connectivity index (χ1v) is 5.79.